The number of carbonyl (C=O) groups is 1. The monoisotopic (exact) mass is 413 g/mol. The highest BCUT2D eigenvalue weighted by Gasteiger charge is 2.33. The largest absolute Gasteiger partial charge is 0.347 e. The fourth-order valence-electron chi connectivity index (χ4n) is 3.42. The van der Waals surface area contributed by atoms with E-state index in [1.807, 2.05) is 60.7 Å². The van der Waals surface area contributed by atoms with E-state index in [2.05, 4.69) is 4.90 Å². The van der Waals surface area contributed by atoms with Crippen LogP contribution in [0.2, 0.25) is 0 Å². The van der Waals surface area contributed by atoms with Gasteiger partial charge in [0.15, 0.2) is 0 Å². The fourth-order valence-corrected chi connectivity index (χ4v) is 4.59. The molecular weight excluding hydrogens is 386 g/mol. The minimum absolute atomic E-state index is 0.00326. The first-order valence-electron chi connectivity index (χ1n) is 9.62. The van der Waals surface area contributed by atoms with Gasteiger partial charge in [-0.15, -0.1) is 0 Å². The Hall–Kier alpha value is -2.48. The molecule has 0 spiro atoms. The van der Waals surface area contributed by atoms with Crippen molar-refractivity contribution in [1.29, 1.82) is 0 Å². The van der Waals surface area contributed by atoms with Crippen LogP contribution in [0, 0.1) is 0 Å². The molecule has 1 amide bonds. The molecule has 0 bridgehead atoms. The van der Waals surface area contributed by atoms with E-state index in [-0.39, 0.29) is 5.91 Å². The van der Waals surface area contributed by atoms with Crippen molar-refractivity contribution in [3.63, 3.8) is 0 Å². The fraction of sp³-hybridized carbons (Fsp3) is 0.318. The summed E-state index contributed by atoms with van der Waals surface area (Å²) in [5.41, 5.74) is 1.77. The summed E-state index contributed by atoms with van der Waals surface area (Å²) in [7, 11) is -0.0143. The Kier molecular flexibility index (Phi) is 6.84. The maximum Gasteiger partial charge on any atom is 0.244 e. The molecule has 0 radical (unpaired) electrons. The van der Waals surface area contributed by atoms with Gasteiger partial charge in [-0.2, -0.15) is 4.31 Å². The Labute approximate surface area is 173 Å². The van der Waals surface area contributed by atoms with Gasteiger partial charge in [0.2, 0.25) is 15.9 Å². The molecule has 3 rings (SSSR count). The molecule has 1 atom stereocenters. The zero-order valence-corrected chi connectivity index (χ0v) is 17.6. The van der Waals surface area contributed by atoms with E-state index in [1.54, 1.807) is 25.1 Å². The van der Waals surface area contributed by atoms with E-state index >= 15 is 0 Å². The molecule has 1 heterocycles. The second-order valence-corrected chi connectivity index (χ2v) is 9.06. The lowest BCUT2D eigenvalue weighted by Crippen LogP contribution is -2.51. The number of sulfonamides is 1. The second-order valence-electron chi connectivity index (χ2n) is 7.24. The number of piperazine rings is 1. The van der Waals surface area contributed by atoms with E-state index in [0.29, 0.717) is 26.2 Å². The molecule has 0 N–H and O–H groups in total. The first kappa shape index (κ1) is 21.2. The molecule has 1 aliphatic heterocycles. The topological polar surface area (TPSA) is 60.9 Å². The Morgan fingerprint density at radius 2 is 1.48 bits per heavy atom. The van der Waals surface area contributed by atoms with Crippen molar-refractivity contribution in [3.8, 4) is 0 Å². The Balaban J connectivity index is 1.71. The molecule has 1 aliphatic rings. The van der Waals surface area contributed by atoms with Crippen LogP contribution in [0.15, 0.2) is 66.1 Å². The highest BCUT2D eigenvalue weighted by molar-refractivity contribution is 7.92. The van der Waals surface area contributed by atoms with Gasteiger partial charge in [0, 0.05) is 45.7 Å². The summed E-state index contributed by atoms with van der Waals surface area (Å²) < 4.78 is 26.9. The van der Waals surface area contributed by atoms with Gasteiger partial charge >= 0.3 is 0 Å². The van der Waals surface area contributed by atoms with Crippen LogP contribution in [-0.4, -0.2) is 68.7 Å². The number of likely N-dealkylation sites (N-methyl/N-ethyl adjacent to an activating group) is 1. The molecule has 6 nitrogen and oxygen atoms in total. The van der Waals surface area contributed by atoms with Gasteiger partial charge in [-0.1, -0.05) is 60.7 Å². The molecule has 29 heavy (non-hydrogen) atoms. The third-order valence-corrected chi connectivity index (χ3v) is 6.59. The molecule has 2 aromatic carbocycles. The van der Waals surface area contributed by atoms with Crippen molar-refractivity contribution >= 4 is 22.0 Å². The first-order valence-corrected chi connectivity index (χ1v) is 11.1. The first-order chi connectivity index (χ1) is 13.9. The van der Waals surface area contributed by atoms with Gasteiger partial charge in [-0.25, -0.2) is 8.42 Å². The minimum atomic E-state index is -3.50. The van der Waals surface area contributed by atoms with Crippen LogP contribution < -0.4 is 0 Å². The Bertz CT molecular complexity index is 936. The van der Waals surface area contributed by atoms with E-state index in [4.69, 9.17) is 0 Å². The van der Waals surface area contributed by atoms with Crippen molar-refractivity contribution in [2.75, 3.05) is 40.3 Å². The lowest BCUT2D eigenvalue weighted by atomic mass is 10.0. The highest BCUT2D eigenvalue weighted by atomic mass is 32.2. The summed E-state index contributed by atoms with van der Waals surface area (Å²) in [6.45, 7) is 1.70. The maximum absolute atomic E-state index is 12.8. The van der Waals surface area contributed by atoms with Crippen molar-refractivity contribution < 1.29 is 13.2 Å². The number of rotatable bonds is 6. The number of carbonyl (C=O) groups excluding carboxylic acids is 1. The van der Waals surface area contributed by atoms with Gasteiger partial charge in [-0.3, -0.25) is 9.69 Å². The van der Waals surface area contributed by atoms with Gasteiger partial charge in [-0.05, 0) is 17.2 Å². The number of benzene rings is 2. The zero-order valence-electron chi connectivity index (χ0n) is 16.8. The van der Waals surface area contributed by atoms with Gasteiger partial charge < -0.3 is 4.90 Å². The van der Waals surface area contributed by atoms with Crippen LogP contribution in [-0.2, 0) is 14.8 Å². The normalized spacial score (nSPS) is 17.3. The summed E-state index contributed by atoms with van der Waals surface area (Å²) in [6.07, 6.45) is 1.62. The van der Waals surface area contributed by atoms with Crippen molar-refractivity contribution in [2.24, 2.45) is 0 Å². The number of hydrogen-bond donors (Lipinski definition) is 0. The quantitative estimate of drug-likeness (QED) is 0.730. The third-order valence-electron chi connectivity index (χ3n) is 5.02. The van der Waals surface area contributed by atoms with Crippen LogP contribution >= 0.6 is 0 Å². The Morgan fingerprint density at radius 3 is 2.03 bits per heavy atom. The van der Waals surface area contributed by atoms with Crippen LogP contribution in [0.4, 0.5) is 0 Å². The predicted octanol–water partition coefficient (Wildman–Crippen LogP) is 2.43. The summed E-state index contributed by atoms with van der Waals surface area (Å²) in [6, 6.07) is 18.6. The lowest BCUT2D eigenvalue weighted by molar-refractivity contribution is -0.135. The van der Waals surface area contributed by atoms with Crippen molar-refractivity contribution in [1.82, 2.24) is 14.1 Å². The SMILES string of the molecule is CN(C)C(=O)[C@H](c1ccccc1)N1CCN(S(=O)(=O)/C=C/c2ccccc2)CC1. The minimum Gasteiger partial charge on any atom is -0.347 e. The molecule has 0 saturated carbocycles. The lowest BCUT2D eigenvalue weighted by Gasteiger charge is -2.38. The van der Waals surface area contributed by atoms with Gasteiger partial charge in [0.1, 0.15) is 6.04 Å². The van der Waals surface area contributed by atoms with Crippen molar-refractivity contribution in [3.05, 3.63) is 77.2 Å². The molecular formula is C22H27N3O3S. The highest BCUT2D eigenvalue weighted by Crippen LogP contribution is 2.25. The van der Waals surface area contributed by atoms with Crippen LogP contribution in [0.25, 0.3) is 6.08 Å². The number of hydrogen-bond acceptors (Lipinski definition) is 4. The maximum atomic E-state index is 12.8. The van der Waals surface area contributed by atoms with E-state index < -0.39 is 16.1 Å². The van der Waals surface area contributed by atoms with Gasteiger partial charge in [0.05, 0.1) is 0 Å². The molecule has 7 heteroatoms. The molecule has 154 valence electrons. The zero-order chi connectivity index (χ0) is 20.9. The van der Waals surface area contributed by atoms with Crippen LogP contribution in [0.1, 0.15) is 17.2 Å². The molecule has 0 aliphatic carbocycles. The summed E-state index contributed by atoms with van der Waals surface area (Å²) in [5.74, 6) is -0.00326. The van der Waals surface area contributed by atoms with E-state index in [1.165, 1.54) is 9.71 Å². The number of amides is 1. The Morgan fingerprint density at radius 1 is 0.931 bits per heavy atom. The van der Waals surface area contributed by atoms with E-state index in [9.17, 15) is 13.2 Å². The van der Waals surface area contributed by atoms with E-state index in [0.717, 1.165) is 11.1 Å². The average Bonchev–Trinajstić information content (AvgIpc) is 2.74. The van der Waals surface area contributed by atoms with Gasteiger partial charge in [0.25, 0.3) is 0 Å². The molecule has 1 saturated heterocycles. The van der Waals surface area contributed by atoms with Crippen LogP contribution in [0.5, 0.6) is 0 Å². The molecule has 0 unspecified atom stereocenters. The number of nitrogens with zero attached hydrogens (tertiary/aromatic N) is 3. The van der Waals surface area contributed by atoms with Crippen molar-refractivity contribution in [2.45, 2.75) is 6.04 Å². The average molecular weight is 414 g/mol. The third kappa shape index (κ3) is 5.32. The summed E-state index contributed by atoms with van der Waals surface area (Å²) >= 11 is 0. The molecule has 2 aromatic rings. The molecule has 1 fully saturated rings. The summed E-state index contributed by atoms with van der Waals surface area (Å²) in [5, 5.41) is 1.26. The van der Waals surface area contributed by atoms with Crippen LogP contribution in [0.3, 0.4) is 0 Å². The summed E-state index contributed by atoms with van der Waals surface area (Å²) in [4.78, 5) is 16.5. The predicted molar refractivity (Wildman–Crippen MR) is 115 cm³/mol. The second kappa shape index (κ2) is 9.35. The smallest absolute Gasteiger partial charge is 0.244 e. The standard InChI is InChI=1S/C22H27N3O3S/c1-23(2)22(26)21(20-11-7-4-8-12-20)24-14-16-25(17-15-24)29(27,28)18-13-19-9-5-3-6-10-19/h3-13,18,21H,14-17H2,1-2H3/b18-13+/t21-/m0/s1. The molecule has 0 aromatic heterocycles.